The van der Waals surface area contributed by atoms with E-state index in [2.05, 4.69) is 0 Å². The molecule has 0 aromatic rings. The van der Waals surface area contributed by atoms with Crippen LogP contribution in [-0.4, -0.2) is 23.1 Å². The van der Waals surface area contributed by atoms with Crippen molar-refractivity contribution in [1.82, 2.24) is 0 Å². The first-order chi connectivity index (χ1) is 8.45. The lowest BCUT2D eigenvalue weighted by Crippen LogP contribution is -2.32. The van der Waals surface area contributed by atoms with Gasteiger partial charge in [-0.2, -0.15) is 0 Å². The molecule has 0 aromatic heterocycles. The smallest absolute Gasteiger partial charge is 0.309 e. The largest absolute Gasteiger partial charge is 0.481 e. The molecule has 0 spiro atoms. The predicted molar refractivity (Wildman–Crippen MR) is 68.1 cm³/mol. The highest BCUT2D eigenvalue weighted by molar-refractivity contribution is 5.75. The molecule has 0 heterocycles. The minimum atomic E-state index is -0.789. The highest BCUT2D eigenvalue weighted by atomic mass is 16.5. The summed E-state index contributed by atoms with van der Waals surface area (Å²) in [6.45, 7) is 6.06. The number of carboxylic acid groups (broad SMARTS) is 1. The third kappa shape index (κ3) is 4.00. The first-order valence-electron chi connectivity index (χ1n) is 6.89. The van der Waals surface area contributed by atoms with E-state index in [4.69, 9.17) is 9.84 Å². The third-order valence-corrected chi connectivity index (χ3v) is 3.77. The van der Waals surface area contributed by atoms with Gasteiger partial charge in [-0.15, -0.1) is 0 Å². The molecule has 3 atom stereocenters. The van der Waals surface area contributed by atoms with E-state index >= 15 is 0 Å². The summed E-state index contributed by atoms with van der Waals surface area (Å²) < 4.78 is 5.50. The maximum Gasteiger partial charge on any atom is 0.309 e. The van der Waals surface area contributed by atoms with Crippen molar-refractivity contribution in [3.63, 3.8) is 0 Å². The molecule has 4 heteroatoms. The summed E-state index contributed by atoms with van der Waals surface area (Å²) in [5.41, 5.74) is 0. The fraction of sp³-hybridized carbons (Fsp3) is 0.857. The van der Waals surface area contributed by atoms with Gasteiger partial charge in [0, 0.05) is 0 Å². The van der Waals surface area contributed by atoms with Gasteiger partial charge < -0.3 is 9.84 Å². The van der Waals surface area contributed by atoms with Gasteiger partial charge in [0.1, 0.15) is 6.10 Å². The normalized spacial score (nSPS) is 25.8. The van der Waals surface area contributed by atoms with E-state index in [-0.39, 0.29) is 23.9 Å². The zero-order valence-corrected chi connectivity index (χ0v) is 11.5. The predicted octanol–water partition coefficient (Wildman–Crippen LogP) is 2.86. The second kappa shape index (κ2) is 6.76. The number of carbonyl (C=O) groups is 2. The second-order valence-electron chi connectivity index (χ2n) is 5.53. The van der Waals surface area contributed by atoms with Gasteiger partial charge in [-0.3, -0.25) is 9.59 Å². The summed E-state index contributed by atoms with van der Waals surface area (Å²) in [4.78, 5) is 23.0. The number of aliphatic carboxylic acids is 1. The molecule has 1 rings (SSSR count). The maximum atomic E-state index is 12.0. The van der Waals surface area contributed by atoms with Crippen LogP contribution in [0.3, 0.4) is 0 Å². The van der Waals surface area contributed by atoms with Crippen molar-refractivity contribution in [2.45, 2.75) is 59.0 Å². The maximum absolute atomic E-state index is 12.0. The molecular formula is C14H24O4. The molecule has 0 bridgehead atoms. The van der Waals surface area contributed by atoms with Crippen LogP contribution in [0.25, 0.3) is 0 Å². The molecule has 0 aliphatic heterocycles. The molecule has 1 aliphatic rings. The van der Waals surface area contributed by atoms with Crippen LogP contribution in [0.1, 0.15) is 52.9 Å². The summed E-state index contributed by atoms with van der Waals surface area (Å²) in [6, 6.07) is 0. The van der Waals surface area contributed by atoms with Crippen molar-refractivity contribution < 1.29 is 19.4 Å². The average Bonchev–Trinajstić information content (AvgIpc) is 2.35. The van der Waals surface area contributed by atoms with Crippen LogP contribution >= 0.6 is 0 Å². The molecule has 0 amide bonds. The quantitative estimate of drug-likeness (QED) is 0.768. The number of esters is 1. The highest BCUT2D eigenvalue weighted by Gasteiger charge is 2.33. The third-order valence-electron chi connectivity index (χ3n) is 3.77. The number of carbonyl (C=O) groups excluding carboxylic acids is 1. The Bertz CT molecular complexity index is 298. The summed E-state index contributed by atoms with van der Waals surface area (Å²) >= 11 is 0. The van der Waals surface area contributed by atoms with E-state index in [9.17, 15) is 9.59 Å². The Morgan fingerprint density at radius 1 is 1.28 bits per heavy atom. The van der Waals surface area contributed by atoms with Gasteiger partial charge in [0.15, 0.2) is 0 Å². The molecule has 3 unspecified atom stereocenters. The minimum Gasteiger partial charge on any atom is -0.481 e. The van der Waals surface area contributed by atoms with Crippen molar-refractivity contribution in [3.05, 3.63) is 0 Å². The van der Waals surface area contributed by atoms with Crippen molar-refractivity contribution in [2.24, 2.45) is 17.8 Å². The Hall–Kier alpha value is -1.06. The number of carboxylic acids is 1. The van der Waals surface area contributed by atoms with Crippen LogP contribution in [-0.2, 0) is 14.3 Å². The zero-order valence-electron chi connectivity index (χ0n) is 11.5. The lowest BCUT2D eigenvalue weighted by molar-refractivity contribution is -0.159. The number of ether oxygens (including phenoxy) is 1. The van der Waals surface area contributed by atoms with Gasteiger partial charge in [-0.05, 0) is 31.6 Å². The minimum absolute atomic E-state index is 0.0531. The lowest BCUT2D eigenvalue weighted by atomic mass is 9.81. The van der Waals surface area contributed by atoms with Crippen molar-refractivity contribution in [1.29, 1.82) is 0 Å². The summed E-state index contributed by atoms with van der Waals surface area (Å²) in [7, 11) is 0. The topological polar surface area (TPSA) is 63.6 Å². The van der Waals surface area contributed by atoms with Gasteiger partial charge in [0.2, 0.25) is 0 Å². The fourth-order valence-corrected chi connectivity index (χ4v) is 2.56. The number of hydrogen-bond acceptors (Lipinski definition) is 3. The van der Waals surface area contributed by atoms with E-state index in [0.29, 0.717) is 18.8 Å². The molecule has 1 fully saturated rings. The Balaban J connectivity index is 2.53. The lowest BCUT2D eigenvalue weighted by Gasteiger charge is -2.28. The molecular weight excluding hydrogens is 232 g/mol. The van der Waals surface area contributed by atoms with Crippen LogP contribution in [0.2, 0.25) is 0 Å². The zero-order chi connectivity index (χ0) is 13.7. The molecule has 1 aliphatic carbocycles. The monoisotopic (exact) mass is 256 g/mol. The summed E-state index contributed by atoms with van der Waals surface area (Å²) in [6.07, 6.45) is 3.43. The van der Waals surface area contributed by atoms with Crippen LogP contribution < -0.4 is 0 Å². The summed E-state index contributed by atoms with van der Waals surface area (Å²) in [5, 5.41) is 9.00. The summed E-state index contributed by atoms with van der Waals surface area (Å²) in [5.74, 6) is -1.30. The molecule has 0 saturated heterocycles. The molecule has 0 radical (unpaired) electrons. The second-order valence-corrected chi connectivity index (χ2v) is 5.53. The van der Waals surface area contributed by atoms with Crippen molar-refractivity contribution in [3.8, 4) is 0 Å². The Morgan fingerprint density at radius 2 is 1.89 bits per heavy atom. The molecule has 104 valence electrons. The Labute approximate surface area is 109 Å². The standard InChI is InChI=1S/C14H24O4/c1-4-12(9(2)3)18-14(17)11-7-5-6-10(8-11)13(15)16/h9-12H,4-8H2,1-3H3,(H,15,16). The fourth-order valence-electron chi connectivity index (χ4n) is 2.56. The Morgan fingerprint density at radius 3 is 2.39 bits per heavy atom. The van der Waals surface area contributed by atoms with Gasteiger partial charge in [-0.1, -0.05) is 27.2 Å². The van der Waals surface area contributed by atoms with Crippen LogP contribution in [0, 0.1) is 17.8 Å². The van der Waals surface area contributed by atoms with E-state index in [0.717, 1.165) is 19.3 Å². The number of hydrogen-bond donors (Lipinski definition) is 1. The van der Waals surface area contributed by atoms with Gasteiger partial charge in [-0.25, -0.2) is 0 Å². The average molecular weight is 256 g/mol. The van der Waals surface area contributed by atoms with Crippen molar-refractivity contribution in [2.75, 3.05) is 0 Å². The molecule has 4 nitrogen and oxygen atoms in total. The first kappa shape index (κ1) is 15.0. The van der Waals surface area contributed by atoms with Crippen LogP contribution in [0.15, 0.2) is 0 Å². The SMILES string of the molecule is CCC(OC(=O)C1CCCC(C(=O)O)C1)C(C)C. The molecule has 18 heavy (non-hydrogen) atoms. The van der Waals surface area contributed by atoms with Gasteiger partial charge in [0.05, 0.1) is 11.8 Å². The van der Waals surface area contributed by atoms with E-state index in [1.807, 2.05) is 20.8 Å². The van der Waals surface area contributed by atoms with Gasteiger partial charge >= 0.3 is 11.9 Å². The van der Waals surface area contributed by atoms with Gasteiger partial charge in [0.25, 0.3) is 0 Å². The molecule has 1 N–H and O–H groups in total. The van der Waals surface area contributed by atoms with Crippen molar-refractivity contribution >= 4 is 11.9 Å². The molecule has 0 aromatic carbocycles. The van der Waals surface area contributed by atoms with Crippen LogP contribution in [0.4, 0.5) is 0 Å². The van der Waals surface area contributed by atoms with Crippen LogP contribution in [0.5, 0.6) is 0 Å². The van der Waals surface area contributed by atoms with E-state index < -0.39 is 5.97 Å². The highest BCUT2D eigenvalue weighted by Crippen LogP contribution is 2.30. The first-order valence-corrected chi connectivity index (χ1v) is 6.89. The van der Waals surface area contributed by atoms with E-state index in [1.165, 1.54) is 0 Å². The molecule has 1 saturated carbocycles. The van der Waals surface area contributed by atoms with E-state index in [1.54, 1.807) is 0 Å². The Kier molecular flexibility index (Phi) is 5.63. The number of rotatable bonds is 5.